The third kappa shape index (κ3) is 3.61. The zero-order valence-corrected chi connectivity index (χ0v) is 15.7. The van der Waals surface area contributed by atoms with E-state index in [1.54, 1.807) is 26.2 Å². The van der Waals surface area contributed by atoms with Crippen LogP contribution in [-0.2, 0) is 9.53 Å². The second kappa shape index (κ2) is 7.75. The van der Waals surface area contributed by atoms with E-state index < -0.39 is 6.10 Å². The number of phenols is 1. The van der Waals surface area contributed by atoms with Crippen LogP contribution < -0.4 is 24.2 Å². The molecule has 1 heterocycles. The molecule has 1 fully saturated rings. The van der Waals surface area contributed by atoms with Gasteiger partial charge in [-0.3, -0.25) is 9.59 Å². The van der Waals surface area contributed by atoms with Crippen LogP contribution in [0.25, 0.3) is 5.32 Å². The topological polar surface area (TPSA) is 96.3 Å². The maximum absolute atomic E-state index is 12.4. The Hall–Kier alpha value is -1.94. The minimum absolute atomic E-state index is 0. The molecule has 1 amide bonds. The van der Waals surface area contributed by atoms with Crippen LogP contribution in [0.15, 0.2) is 29.6 Å². The fourth-order valence-corrected chi connectivity index (χ4v) is 2.72. The second-order valence-corrected chi connectivity index (χ2v) is 6.54. The van der Waals surface area contributed by atoms with Crippen molar-refractivity contribution in [2.24, 2.45) is 0 Å². The first-order chi connectivity index (χ1) is 11.8. The number of amides is 1. The summed E-state index contributed by atoms with van der Waals surface area (Å²) in [5, 5.41) is 18.1. The molecule has 0 spiro atoms. The maximum Gasteiger partial charge on any atom is 1.00 e. The Kier molecular flexibility index (Phi) is 6.07. The molecular formula is C18H22LiN3O4. The van der Waals surface area contributed by atoms with Gasteiger partial charge in [-0.2, -0.15) is 0 Å². The summed E-state index contributed by atoms with van der Waals surface area (Å²) in [7, 11) is 3.21. The van der Waals surface area contributed by atoms with Crippen LogP contribution in [0.4, 0.5) is 5.69 Å². The summed E-state index contributed by atoms with van der Waals surface area (Å²) in [5.41, 5.74) is 1.27. The fourth-order valence-electron chi connectivity index (χ4n) is 2.72. The van der Waals surface area contributed by atoms with Gasteiger partial charge in [0.15, 0.2) is 11.9 Å². The van der Waals surface area contributed by atoms with Gasteiger partial charge in [-0.25, -0.2) is 0 Å². The van der Waals surface area contributed by atoms with Crippen molar-refractivity contribution in [3.63, 3.8) is 0 Å². The van der Waals surface area contributed by atoms with E-state index in [0.29, 0.717) is 5.70 Å². The summed E-state index contributed by atoms with van der Waals surface area (Å²) in [6.07, 6.45) is 0.147. The standard InChI is InChI=1S/C18H22N3O4.Li/c1-5-9(2)19-13-12(15(23)17-16(13)25-17)20-11-8-6-7-10(14(11)22)18(24)21(3)4;/h6-9,16-17H,5H2,1-4H3,(H,19,23)(H,22,24);/q-1;+1/t9-,16?,17?;/m0./s1. The minimum Gasteiger partial charge on any atom is -0.650 e. The van der Waals surface area contributed by atoms with Crippen molar-refractivity contribution < 1.29 is 38.3 Å². The zero-order chi connectivity index (χ0) is 18.3. The van der Waals surface area contributed by atoms with Crippen LogP contribution in [0, 0.1) is 0 Å². The molecule has 1 aromatic rings. The molecule has 0 radical (unpaired) electrons. The van der Waals surface area contributed by atoms with Crippen molar-refractivity contribution in [1.82, 2.24) is 10.2 Å². The number of hydrogen-bond donors (Lipinski definition) is 2. The van der Waals surface area contributed by atoms with Crippen molar-refractivity contribution in [3.05, 3.63) is 40.5 Å². The monoisotopic (exact) mass is 351 g/mol. The Bertz CT molecular complexity index is 763. The van der Waals surface area contributed by atoms with Crippen LogP contribution in [-0.4, -0.2) is 54.0 Å². The Morgan fingerprint density at radius 2 is 2.08 bits per heavy atom. The molecule has 8 heteroatoms. The SMILES string of the molecule is CC[C@H](C)NC1=C([N-]c2cccc(C(=O)N(C)C)c2O)C(=O)C2OC12.[Li+]. The summed E-state index contributed by atoms with van der Waals surface area (Å²) < 4.78 is 5.36. The van der Waals surface area contributed by atoms with Gasteiger partial charge >= 0.3 is 18.9 Å². The van der Waals surface area contributed by atoms with Crippen LogP contribution in [0.5, 0.6) is 5.75 Å². The first-order valence-electron chi connectivity index (χ1n) is 8.30. The third-order valence-corrected chi connectivity index (χ3v) is 4.42. The van der Waals surface area contributed by atoms with E-state index in [-0.39, 0.29) is 65.4 Å². The van der Waals surface area contributed by atoms with Crippen LogP contribution >= 0.6 is 0 Å². The summed E-state index contributed by atoms with van der Waals surface area (Å²) in [4.78, 5) is 25.9. The maximum atomic E-state index is 12.4. The number of ketones is 1. The average molecular weight is 351 g/mol. The number of ether oxygens (including phenoxy) is 1. The number of hydrogen-bond acceptors (Lipinski definition) is 5. The molecule has 7 nitrogen and oxygen atoms in total. The summed E-state index contributed by atoms with van der Waals surface area (Å²) in [6.45, 7) is 4.05. The molecule has 134 valence electrons. The number of Topliss-reactive ketones (excluding diaryl/α,β-unsaturated/α-hetero) is 1. The third-order valence-electron chi connectivity index (χ3n) is 4.42. The first kappa shape index (κ1) is 20.4. The molecule has 3 rings (SSSR count). The Balaban J connectivity index is 0.00000243. The Labute approximate surface area is 164 Å². The van der Waals surface area contributed by atoms with Gasteiger partial charge in [-0.05, 0) is 19.4 Å². The van der Waals surface area contributed by atoms with E-state index in [0.717, 1.165) is 6.42 Å². The number of phenolic OH excluding ortho intramolecular Hbond substituents is 1. The number of nitrogens with one attached hydrogen (secondary N) is 1. The summed E-state index contributed by atoms with van der Waals surface area (Å²) in [5.74, 6) is -0.754. The normalized spacial score (nSPS) is 21.6. The van der Waals surface area contributed by atoms with E-state index in [1.165, 1.54) is 11.0 Å². The Morgan fingerprint density at radius 1 is 1.38 bits per heavy atom. The van der Waals surface area contributed by atoms with E-state index in [9.17, 15) is 14.7 Å². The fraction of sp³-hybridized carbons (Fsp3) is 0.444. The molecule has 0 aromatic heterocycles. The van der Waals surface area contributed by atoms with Gasteiger partial charge in [0.05, 0.1) is 5.56 Å². The van der Waals surface area contributed by atoms with E-state index in [1.807, 2.05) is 13.8 Å². The summed E-state index contributed by atoms with van der Waals surface area (Å²) in [6, 6.07) is 4.91. The van der Waals surface area contributed by atoms with Gasteiger partial charge in [-0.1, -0.05) is 30.4 Å². The van der Waals surface area contributed by atoms with E-state index in [4.69, 9.17) is 4.74 Å². The number of fused-ring (bicyclic) bond motifs is 1. The molecule has 1 aliphatic carbocycles. The number of carbonyl (C=O) groups excluding carboxylic acids is 2. The Morgan fingerprint density at radius 3 is 2.69 bits per heavy atom. The molecule has 2 unspecified atom stereocenters. The number of rotatable bonds is 6. The molecule has 26 heavy (non-hydrogen) atoms. The molecule has 1 aromatic carbocycles. The molecule has 0 bridgehead atoms. The van der Waals surface area contributed by atoms with Crippen molar-refractivity contribution >= 4 is 17.4 Å². The molecule has 3 atom stereocenters. The smallest absolute Gasteiger partial charge is 0.650 e. The number of epoxide rings is 1. The van der Waals surface area contributed by atoms with Crippen LogP contribution in [0.3, 0.4) is 0 Å². The zero-order valence-electron chi connectivity index (χ0n) is 15.7. The van der Waals surface area contributed by atoms with Crippen LogP contribution in [0.1, 0.15) is 30.6 Å². The second-order valence-electron chi connectivity index (χ2n) is 6.54. The minimum atomic E-state index is -0.473. The van der Waals surface area contributed by atoms with Gasteiger partial charge in [0.1, 0.15) is 11.9 Å². The average Bonchev–Trinajstić information content (AvgIpc) is 3.33. The molecule has 1 aliphatic heterocycles. The van der Waals surface area contributed by atoms with Crippen molar-refractivity contribution in [2.45, 2.75) is 38.5 Å². The molecule has 0 saturated carbocycles. The van der Waals surface area contributed by atoms with Crippen molar-refractivity contribution in [1.29, 1.82) is 0 Å². The number of para-hydroxylation sites is 1. The molecular weight excluding hydrogens is 329 g/mol. The number of aromatic hydroxyl groups is 1. The predicted octanol–water partition coefficient (Wildman–Crippen LogP) is -0.947. The van der Waals surface area contributed by atoms with Gasteiger partial charge in [0, 0.05) is 25.8 Å². The van der Waals surface area contributed by atoms with Gasteiger partial charge < -0.3 is 25.4 Å². The quantitative estimate of drug-likeness (QED) is 0.509. The molecule has 2 N–H and O–H groups in total. The predicted molar refractivity (Wildman–Crippen MR) is 92.7 cm³/mol. The van der Waals surface area contributed by atoms with Gasteiger partial charge in [-0.15, -0.1) is 0 Å². The van der Waals surface area contributed by atoms with Crippen molar-refractivity contribution in [3.8, 4) is 5.75 Å². The van der Waals surface area contributed by atoms with E-state index >= 15 is 0 Å². The largest absolute Gasteiger partial charge is 1.00 e. The number of nitrogens with zero attached hydrogens (tertiary/aromatic N) is 2. The van der Waals surface area contributed by atoms with Gasteiger partial charge in [0.2, 0.25) is 0 Å². The van der Waals surface area contributed by atoms with E-state index in [2.05, 4.69) is 10.6 Å². The number of benzene rings is 1. The number of carbonyl (C=O) groups is 2. The van der Waals surface area contributed by atoms with Crippen LogP contribution in [0.2, 0.25) is 0 Å². The molecule has 1 saturated heterocycles. The summed E-state index contributed by atoms with van der Waals surface area (Å²) >= 11 is 0. The van der Waals surface area contributed by atoms with Gasteiger partial charge in [0.25, 0.3) is 5.91 Å². The molecule has 2 aliphatic rings. The van der Waals surface area contributed by atoms with Crippen molar-refractivity contribution in [2.75, 3.05) is 14.1 Å². The first-order valence-corrected chi connectivity index (χ1v) is 8.30.